The van der Waals surface area contributed by atoms with Crippen LogP contribution in [0.5, 0.6) is 0 Å². The fourth-order valence-corrected chi connectivity index (χ4v) is 1.30. The minimum Gasteiger partial charge on any atom is -0.387 e. The number of hydrogen-bond acceptors (Lipinski definition) is 3. The molecule has 0 aromatic carbocycles. The zero-order valence-corrected chi connectivity index (χ0v) is 9.17. The molecule has 3 nitrogen and oxygen atoms in total. The van der Waals surface area contributed by atoms with E-state index in [4.69, 9.17) is 0 Å². The molecule has 0 radical (unpaired) electrons. The number of pyridine rings is 1. The van der Waals surface area contributed by atoms with Crippen LogP contribution in [0.2, 0.25) is 0 Å². The summed E-state index contributed by atoms with van der Waals surface area (Å²) in [6, 6.07) is 2.04. The predicted octanol–water partition coefficient (Wildman–Crippen LogP) is 1.87. The summed E-state index contributed by atoms with van der Waals surface area (Å²) in [6.07, 6.45) is 3.68. The molecular formula is C11H19N3. The van der Waals surface area contributed by atoms with Crippen molar-refractivity contribution in [2.24, 2.45) is 5.92 Å². The quantitative estimate of drug-likeness (QED) is 0.749. The first-order valence-electron chi connectivity index (χ1n) is 5.05. The summed E-state index contributed by atoms with van der Waals surface area (Å²) < 4.78 is 0. The molecule has 2 N–H and O–H groups in total. The number of aromatic nitrogens is 1. The van der Waals surface area contributed by atoms with Crippen LogP contribution < -0.4 is 10.6 Å². The monoisotopic (exact) mass is 193 g/mol. The molecule has 0 aliphatic carbocycles. The molecule has 78 valence electrons. The molecule has 1 rings (SSSR count). The highest BCUT2D eigenvalue weighted by molar-refractivity contribution is 5.48. The van der Waals surface area contributed by atoms with Crippen LogP contribution >= 0.6 is 0 Å². The Kier molecular flexibility index (Phi) is 4.40. The third-order valence-corrected chi connectivity index (χ3v) is 2.05. The van der Waals surface area contributed by atoms with Gasteiger partial charge in [0.15, 0.2) is 0 Å². The summed E-state index contributed by atoms with van der Waals surface area (Å²) in [5.74, 6) is 0.690. The smallest absolute Gasteiger partial charge is 0.0569 e. The summed E-state index contributed by atoms with van der Waals surface area (Å²) in [7, 11) is 1.92. The Balaban J connectivity index is 2.49. The second kappa shape index (κ2) is 5.60. The Labute approximate surface area is 85.9 Å². The predicted molar refractivity (Wildman–Crippen MR) is 60.3 cm³/mol. The Bertz CT molecular complexity index is 271. The first-order chi connectivity index (χ1) is 6.74. The topological polar surface area (TPSA) is 37.0 Å². The van der Waals surface area contributed by atoms with Gasteiger partial charge in [-0.15, -0.1) is 0 Å². The van der Waals surface area contributed by atoms with Gasteiger partial charge in [-0.25, -0.2) is 0 Å². The second-order valence-corrected chi connectivity index (χ2v) is 3.81. The molecule has 0 unspecified atom stereocenters. The third-order valence-electron chi connectivity index (χ3n) is 2.05. The van der Waals surface area contributed by atoms with Gasteiger partial charge in [0.25, 0.3) is 0 Å². The van der Waals surface area contributed by atoms with Crippen molar-refractivity contribution in [1.29, 1.82) is 0 Å². The molecule has 1 aromatic heterocycles. The maximum absolute atomic E-state index is 4.07. The van der Waals surface area contributed by atoms with Crippen molar-refractivity contribution in [2.75, 3.05) is 18.9 Å². The summed E-state index contributed by atoms with van der Waals surface area (Å²) >= 11 is 0. The largest absolute Gasteiger partial charge is 0.387 e. The minimum absolute atomic E-state index is 0.690. The van der Waals surface area contributed by atoms with Crippen molar-refractivity contribution in [3.63, 3.8) is 0 Å². The SMILES string of the molecule is CNc1cnccc1CNCC(C)C. The molecule has 0 saturated heterocycles. The van der Waals surface area contributed by atoms with Gasteiger partial charge in [0.2, 0.25) is 0 Å². The molecule has 1 heterocycles. The van der Waals surface area contributed by atoms with Gasteiger partial charge in [-0.05, 0) is 24.1 Å². The van der Waals surface area contributed by atoms with Crippen LogP contribution in [-0.4, -0.2) is 18.6 Å². The first-order valence-corrected chi connectivity index (χ1v) is 5.05. The maximum Gasteiger partial charge on any atom is 0.0569 e. The van der Waals surface area contributed by atoms with E-state index in [2.05, 4.69) is 29.5 Å². The Morgan fingerprint density at radius 3 is 2.86 bits per heavy atom. The number of anilines is 1. The average molecular weight is 193 g/mol. The van der Waals surface area contributed by atoms with Gasteiger partial charge in [0.1, 0.15) is 0 Å². The highest BCUT2D eigenvalue weighted by atomic mass is 14.9. The highest BCUT2D eigenvalue weighted by Crippen LogP contribution is 2.11. The van der Waals surface area contributed by atoms with Crippen LogP contribution in [-0.2, 0) is 6.54 Å². The molecule has 1 aromatic rings. The van der Waals surface area contributed by atoms with E-state index < -0.39 is 0 Å². The molecule has 3 heteroatoms. The number of nitrogens with one attached hydrogen (secondary N) is 2. The van der Waals surface area contributed by atoms with Crippen LogP contribution in [0, 0.1) is 5.92 Å². The fourth-order valence-electron chi connectivity index (χ4n) is 1.30. The number of nitrogens with zero attached hydrogens (tertiary/aromatic N) is 1. The van der Waals surface area contributed by atoms with Crippen LogP contribution in [0.25, 0.3) is 0 Å². The lowest BCUT2D eigenvalue weighted by Gasteiger charge is -2.10. The van der Waals surface area contributed by atoms with Crippen molar-refractivity contribution >= 4 is 5.69 Å². The second-order valence-electron chi connectivity index (χ2n) is 3.81. The average Bonchev–Trinajstić information content (AvgIpc) is 2.18. The molecule has 0 bridgehead atoms. The summed E-state index contributed by atoms with van der Waals surface area (Å²) in [5, 5.41) is 6.54. The Hall–Kier alpha value is -1.09. The first kappa shape index (κ1) is 11.0. The number of rotatable bonds is 5. The van der Waals surface area contributed by atoms with E-state index in [1.165, 1.54) is 5.56 Å². The van der Waals surface area contributed by atoms with Crippen LogP contribution in [0.3, 0.4) is 0 Å². The molecule has 0 saturated carbocycles. The van der Waals surface area contributed by atoms with Crippen molar-refractivity contribution in [3.05, 3.63) is 24.0 Å². The maximum atomic E-state index is 4.07. The minimum atomic E-state index is 0.690. The molecule has 0 atom stereocenters. The zero-order valence-electron chi connectivity index (χ0n) is 9.17. The number of hydrogen-bond donors (Lipinski definition) is 2. The Morgan fingerprint density at radius 1 is 1.43 bits per heavy atom. The van der Waals surface area contributed by atoms with E-state index in [1.54, 1.807) is 0 Å². The van der Waals surface area contributed by atoms with Crippen molar-refractivity contribution in [2.45, 2.75) is 20.4 Å². The van der Waals surface area contributed by atoms with Gasteiger partial charge < -0.3 is 10.6 Å². The summed E-state index contributed by atoms with van der Waals surface area (Å²) in [6.45, 7) is 6.36. The van der Waals surface area contributed by atoms with Gasteiger partial charge in [-0.2, -0.15) is 0 Å². The lowest BCUT2D eigenvalue weighted by molar-refractivity contribution is 0.552. The zero-order chi connectivity index (χ0) is 10.4. The van der Waals surface area contributed by atoms with E-state index in [0.717, 1.165) is 18.8 Å². The van der Waals surface area contributed by atoms with E-state index in [1.807, 2.05) is 25.5 Å². The lowest BCUT2D eigenvalue weighted by atomic mass is 10.2. The molecule has 0 aliphatic rings. The summed E-state index contributed by atoms with van der Waals surface area (Å²) in [5.41, 5.74) is 2.37. The van der Waals surface area contributed by atoms with Gasteiger partial charge in [0, 0.05) is 19.8 Å². The Morgan fingerprint density at radius 2 is 2.21 bits per heavy atom. The van der Waals surface area contributed by atoms with E-state index in [-0.39, 0.29) is 0 Å². The lowest BCUT2D eigenvalue weighted by Crippen LogP contribution is -2.19. The van der Waals surface area contributed by atoms with Crippen molar-refractivity contribution in [1.82, 2.24) is 10.3 Å². The van der Waals surface area contributed by atoms with Crippen LogP contribution in [0.15, 0.2) is 18.5 Å². The van der Waals surface area contributed by atoms with Gasteiger partial charge in [0.05, 0.1) is 11.9 Å². The van der Waals surface area contributed by atoms with Crippen molar-refractivity contribution in [3.8, 4) is 0 Å². The highest BCUT2D eigenvalue weighted by Gasteiger charge is 1.99. The van der Waals surface area contributed by atoms with Crippen LogP contribution in [0.4, 0.5) is 5.69 Å². The fraction of sp³-hybridized carbons (Fsp3) is 0.545. The third kappa shape index (κ3) is 3.34. The molecular weight excluding hydrogens is 174 g/mol. The van der Waals surface area contributed by atoms with E-state index in [0.29, 0.717) is 5.92 Å². The van der Waals surface area contributed by atoms with Gasteiger partial charge in [-0.1, -0.05) is 13.8 Å². The molecule has 0 fully saturated rings. The van der Waals surface area contributed by atoms with Gasteiger partial charge in [-0.3, -0.25) is 4.98 Å². The van der Waals surface area contributed by atoms with Crippen molar-refractivity contribution < 1.29 is 0 Å². The normalized spacial score (nSPS) is 10.6. The molecule has 0 aliphatic heterocycles. The molecule has 0 amide bonds. The van der Waals surface area contributed by atoms with E-state index in [9.17, 15) is 0 Å². The van der Waals surface area contributed by atoms with Crippen LogP contribution in [0.1, 0.15) is 19.4 Å². The van der Waals surface area contributed by atoms with E-state index >= 15 is 0 Å². The molecule has 14 heavy (non-hydrogen) atoms. The standard InChI is InChI=1S/C11H19N3/c1-9(2)6-14-7-10-4-5-13-8-11(10)12-3/h4-5,8-9,12,14H,6-7H2,1-3H3. The molecule has 0 spiro atoms. The summed E-state index contributed by atoms with van der Waals surface area (Å²) in [4.78, 5) is 4.07. The van der Waals surface area contributed by atoms with Gasteiger partial charge >= 0.3 is 0 Å².